The predicted octanol–water partition coefficient (Wildman–Crippen LogP) is 2.99. The molecule has 32 heavy (non-hydrogen) atoms. The molecule has 7 nitrogen and oxygen atoms in total. The van der Waals surface area contributed by atoms with Crippen molar-refractivity contribution in [3.63, 3.8) is 0 Å². The normalized spacial score (nSPS) is 25.2. The van der Waals surface area contributed by atoms with Crippen molar-refractivity contribution in [1.29, 1.82) is 0 Å². The number of nitrogens with two attached hydrogens (primary N) is 1. The molecule has 1 aromatic carbocycles. The number of imide groups is 1. The monoisotopic (exact) mass is 462 g/mol. The number of carbonyl (C=O) groups excluding carboxylic acids is 3. The maximum absolute atomic E-state index is 13.2. The number of benzene rings is 1. The van der Waals surface area contributed by atoms with Crippen LogP contribution in [0, 0.1) is 5.92 Å². The summed E-state index contributed by atoms with van der Waals surface area (Å²) < 4.78 is 0. The minimum Gasteiger partial charge on any atom is -0.368 e. The number of halogens is 1. The Morgan fingerprint density at radius 3 is 2.53 bits per heavy atom. The van der Waals surface area contributed by atoms with Crippen LogP contribution < -0.4 is 16.0 Å². The number of unbranched alkanes of at least 4 members (excludes halogenated alkanes) is 1. The molecule has 1 aliphatic carbocycles. The molecule has 8 heteroatoms. The second-order valence-corrected chi connectivity index (χ2v) is 9.31. The van der Waals surface area contributed by atoms with Crippen LogP contribution in [0.25, 0.3) is 0 Å². The molecule has 4 rings (SSSR count). The maximum atomic E-state index is 13.2. The highest BCUT2D eigenvalue weighted by Crippen LogP contribution is 2.37. The van der Waals surface area contributed by atoms with Gasteiger partial charge in [0.1, 0.15) is 6.04 Å². The Bertz CT molecular complexity index is 854. The molecule has 2 aliphatic heterocycles. The van der Waals surface area contributed by atoms with Crippen molar-refractivity contribution in [2.75, 3.05) is 18.0 Å². The maximum Gasteiger partial charge on any atom is 0.255 e. The highest BCUT2D eigenvalue weighted by atomic mass is 35.5. The summed E-state index contributed by atoms with van der Waals surface area (Å²) in [6.07, 6.45) is 7.46. The lowest BCUT2D eigenvalue weighted by Crippen LogP contribution is -2.52. The Morgan fingerprint density at radius 2 is 1.84 bits per heavy atom. The van der Waals surface area contributed by atoms with Gasteiger partial charge < -0.3 is 15.5 Å². The molecule has 176 valence electrons. The van der Waals surface area contributed by atoms with Gasteiger partial charge in [0.15, 0.2) is 0 Å². The van der Waals surface area contributed by atoms with Gasteiger partial charge in [-0.05, 0) is 69.5 Å². The summed E-state index contributed by atoms with van der Waals surface area (Å²) in [7, 11) is 0. The topological polar surface area (TPSA) is 95.7 Å². The number of piperidine rings is 1. The Labute approximate surface area is 196 Å². The van der Waals surface area contributed by atoms with E-state index in [1.54, 1.807) is 4.90 Å². The van der Waals surface area contributed by atoms with E-state index < -0.39 is 6.04 Å². The molecule has 1 aromatic rings. The SMILES string of the molecule is CC1CCC(N(CCCCN)c2cccc3c2CN(C2CCC(=O)NC2=O)C3=O)CC1.Cl. The van der Waals surface area contributed by atoms with E-state index in [0.717, 1.165) is 49.4 Å². The van der Waals surface area contributed by atoms with Crippen LogP contribution in [0.3, 0.4) is 0 Å². The summed E-state index contributed by atoms with van der Waals surface area (Å²) in [5.41, 5.74) is 8.58. The van der Waals surface area contributed by atoms with Gasteiger partial charge in [0.05, 0.1) is 0 Å². The summed E-state index contributed by atoms with van der Waals surface area (Å²) in [6.45, 7) is 4.36. The summed E-state index contributed by atoms with van der Waals surface area (Å²) in [5.74, 6) is 0.0440. The van der Waals surface area contributed by atoms with Crippen LogP contribution >= 0.6 is 12.4 Å². The summed E-state index contributed by atoms with van der Waals surface area (Å²) in [4.78, 5) is 41.3. The van der Waals surface area contributed by atoms with Crippen molar-refractivity contribution in [2.45, 2.75) is 76.9 Å². The predicted molar refractivity (Wildman–Crippen MR) is 127 cm³/mol. The Hall–Kier alpha value is -2.12. The Balaban J connectivity index is 0.00000289. The van der Waals surface area contributed by atoms with Crippen LogP contribution in [0.5, 0.6) is 0 Å². The number of nitrogens with zero attached hydrogens (tertiary/aromatic N) is 2. The quantitative estimate of drug-likeness (QED) is 0.479. The lowest BCUT2D eigenvalue weighted by Gasteiger charge is -2.39. The average molecular weight is 463 g/mol. The molecule has 0 aromatic heterocycles. The molecule has 0 spiro atoms. The number of anilines is 1. The van der Waals surface area contributed by atoms with Crippen LogP contribution in [0.15, 0.2) is 18.2 Å². The number of carbonyl (C=O) groups is 3. The third-order valence-corrected chi connectivity index (χ3v) is 7.15. The fourth-order valence-electron chi connectivity index (χ4n) is 5.32. The van der Waals surface area contributed by atoms with E-state index in [0.29, 0.717) is 31.1 Å². The number of nitrogens with one attached hydrogen (secondary N) is 1. The number of hydrogen-bond donors (Lipinski definition) is 2. The largest absolute Gasteiger partial charge is 0.368 e. The first-order valence-electron chi connectivity index (χ1n) is 11.7. The second kappa shape index (κ2) is 10.7. The van der Waals surface area contributed by atoms with Gasteiger partial charge in [0, 0.05) is 42.4 Å². The van der Waals surface area contributed by atoms with Crippen molar-refractivity contribution in [2.24, 2.45) is 11.7 Å². The third-order valence-electron chi connectivity index (χ3n) is 7.15. The first-order chi connectivity index (χ1) is 15.0. The number of hydrogen-bond acceptors (Lipinski definition) is 5. The molecule has 1 saturated carbocycles. The molecule has 1 saturated heterocycles. The van der Waals surface area contributed by atoms with Crippen LogP contribution in [-0.4, -0.2) is 47.8 Å². The van der Waals surface area contributed by atoms with Crippen molar-refractivity contribution < 1.29 is 14.4 Å². The van der Waals surface area contributed by atoms with Crippen LogP contribution in [-0.2, 0) is 16.1 Å². The molecular formula is C24H35ClN4O3. The van der Waals surface area contributed by atoms with E-state index in [4.69, 9.17) is 5.73 Å². The zero-order chi connectivity index (χ0) is 22.0. The minimum atomic E-state index is -0.577. The first kappa shape index (κ1) is 24.5. The smallest absolute Gasteiger partial charge is 0.255 e. The van der Waals surface area contributed by atoms with E-state index >= 15 is 0 Å². The van der Waals surface area contributed by atoms with Gasteiger partial charge in [0.2, 0.25) is 11.8 Å². The fourth-order valence-corrected chi connectivity index (χ4v) is 5.32. The van der Waals surface area contributed by atoms with Gasteiger partial charge in [-0.2, -0.15) is 0 Å². The van der Waals surface area contributed by atoms with Crippen LogP contribution in [0.2, 0.25) is 0 Å². The van der Waals surface area contributed by atoms with E-state index in [1.807, 2.05) is 12.1 Å². The van der Waals surface area contributed by atoms with Crippen molar-refractivity contribution in [3.05, 3.63) is 29.3 Å². The molecule has 2 heterocycles. The van der Waals surface area contributed by atoms with E-state index in [9.17, 15) is 14.4 Å². The fraction of sp³-hybridized carbons (Fsp3) is 0.625. The highest BCUT2D eigenvalue weighted by Gasteiger charge is 2.40. The minimum absolute atomic E-state index is 0. The van der Waals surface area contributed by atoms with Gasteiger partial charge in [-0.15, -0.1) is 12.4 Å². The molecule has 0 bridgehead atoms. The van der Waals surface area contributed by atoms with E-state index in [2.05, 4.69) is 23.2 Å². The van der Waals surface area contributed by atoms with Crippen LogP contribution in [0.4, 0.5) is 5.69 Å². The molecular weight excluding hydrogens is 428 g/mol. The molecule has 1 unspecified atom stereocenters. The van der Waals surface area contributed by atoms with E-state index in [1.165, 1.54) is 12.8 Å². The number of fused-ring (bicyclic) bond motifs is 1. The lowest BCUT2D eigenvalue weighted by atomic mass is 9.86. The van der Waals surface area contributed by atoms with Gasteiger partial charge >= 0.3 is 0 Å². The molecule has 3 N–H and O–H groups in total. The van der Waals surface area contributed by atoms with Crippen molar-refractivity contribution in [3.8, 4) is 0 Å². The zero-order valence-electron chi connectivity index (χ0n) is 18.8. The van der Waals surface area contributed by atoms with E-state index in [-0.39, 0.29) is 36.5 Å². The van der Waals surface area contributed by atoms with Gasteiger partial charge in [-0.25, -0.2) is 0 Å². The Morgan fingerprint density at radius 1 is 1.09 bits per heavy atom. The number of amides is 3. The van der Waals surface area contributed by atoms with Gasteiger partial charge in [-0.3, -0.25) is 19.7 Å². The highest BCUT2D eigenvalue weighted by molar-refractivity contribution is 6.06. The van der Waals surface area contributed by atoms with Crippen molar-refractivity contribution >= 4 is 35.8 Å². The summed E-state index contributed by atoms with van der Waals surface area (Å²) in [6, 6.07) is 5.85. The second-order valence-electron chi connectivity index (χ2n) is 9.31. The molecule has 2 fully saturated rings. The average Bonchev–Trinajstić information content (AvgIpc) is 3.09. The molecule has 3 amide bonds. The Kier molecular flexibility index (Phi) is 8.17. The standard InChI is InChI=1S/C24H34N4O3.ClH/c1-16-7-9-17(10-8-16)27(14-3-2-13-25)20-6-4-5-18-19(20)15-28(24(18)31)21-11-12-22(29)26-23(21)30;/h4-6,16-17,21H,2-3,7-15,25H2,1H3,(H,26,29,30);1H. The van der Waals surface area contributed by atoms with Crippen LogP contribution in [0.1, 0.15) is 74.2 Å². The molecule has 0 radical (unpaired) electrons. The third kappa shape index (κ3) is 4.94. The number of rotatable bonds is 7. The molecule has 1 atom stereocenters. The van der Waals surface area contributed by atoms with Crippen molar-refractivity contribution in [1.82, 2.24) is 10.2 Å². The first-order valence-corrected chi connectivity index (χ1v) is 11.7. The molecule has 3 aliphatic rings. The zero-order valence-corrected chi connectivity index (χ0v) is 19.7. The van der Waals surface area contributed by atoms with Gasteiger partial charge in [-0.1, -0.05) is 13.0 Å². The lowest BCUT2D eigenvalue weighted by molar-refractivity contribution is -0.136. The van der Waals surface area contributed by atoms with Gasteiger partial charge in [0.25, 0.3) is 5.91 Å². The summed E-state index contributed by atoms with van der Waals surface area (Å²) in [5, 5.41) is 2.39. The summed E-state index contributed by atoms with van der Waals surface area (Å²) >= 11 is 0.